The Bertz CT molecular complexity index is 278. The fraction of sp³-hybridized carbons (Fsp3) is 1.00. The van der Waals surface area contributed by atoms with E-state index in [-0.39, 0.29) is 0 Å². The lowest BCUT2D eigenvalue weighted by molar-refractivity contribution is -0.375. The minimum absolute atomic E-state index is 0.492. The summed E-state index contributed by atoms with van der Waals surface area (Å²) in [5.74, 6) is -24.0. The predicted molar refractivity (Wildman–Crippen MR) is 43.4 cm³/mol. The van der Waals surface area contributed by atoms with Crippen LogP contribution in [0.15, 0.2) is 0 Å². The van der Waals surface area contributed by atoms with E-state index in [0.717, 1.165) is 6.92 Å². The molecule has 0 saturated heterocycles. The van der Waals surface area contributed by atoms with Crippen LogP contribution in [0, 0.1) is 0 Å². The van der Waals surface area contributed by atoms with E-state index < -0.39 is 43.5 Å². The third-order valence-corrected chi connectivity index (χ3v) is 2.00. The fourth-order valence-corrected chi connectivity index (χ4v) is 0.880. The largest absolute Gasteiger partial charge is 0.390 e. The van der Waals surface area contributed by atoms with E-state index in [1.54, 1.807) is 0 Å². The molecule has 0 fully saturated rings. The Balaban J connectivity index is 5.35. The highest BCUT2D eigenvalue weighted by molar-refractivity contribution is 5.03. The van der Waals surface area contributed by atoms with Crippen LogP contribution in [-0.4, -0.2) is 48.6 Å². The van der Waals surface area contributed by atoms with E-state index in [4.69, 9.17) is 5.11 Å². The lowest BCUT2D eigenvalue weighted by Crippen LogP contribution is -2.64. The molecule has 0 aliphatic heterocycles. The average molecular weight is 290 g/mol. The second-order valence-corrected chi connectivity index (χ2v) is 3.35. The van der Waals surface area contributed by atoms with Gasteiger partial charge in [-0.05, 0) is 6.92 Å². The van der Waals surface area contributed by atoms with Gasteiger partial charge in [-0.15, -0.1) is 0 Å². The Morgan fingerprint density at radius 1 is 0.833 bits per heavy atom. The maximum atomic E-state index is 12.8. The van der Waals surface area contributed by atoms with Crippen molar-refractivity contribution >= 4 is 0 Å². The number of aliphatic hydroxyl groups excluding tert-OH is 1. The Morgan fingerprint density at radius 2 is 1.22 bits per heavy atom. The molecule has 0 aromatic rings. The summed E-state index contributed by atoms with van der Waals surface area (Å²) in [5, 5.41) is 7.90. The van der Waals surface area contributed by atoms with E-state index in [2.05, 4.69) is 4.74 Å². The molecule has 0 bridgehead atoms. The van der Waals surface area contributed by atoms with Crippen LogP contribution >= 0.6 is 0 Å². The molecule has 2 nitrogen and oxygen atoms in total. The molecule has 110 valence electrons. The van der Waals surface area contributed by atoms with Gasteiger partial charge < -0.3 is 9.84 Å². The molecule has 0 aliphatic carbocycles. The molecule has 0 aliphatic rings. The van der Waals surface area contributed by atoms with E-state index in [1.165, 1.54) is 0 Å². The fourth-order valence-electron chi connectivity index (χ4n) is 0.880. The van der Waals surface area contributed by atoms with Crippen molar-refractivity contribution < 1.29 is 45.0 Å². The highest BCUT2D eigenvalue weighted by Gasteiger charge is 2.80. The smallest absolute Gasteiger partial charge is 0.380 e. The zero-order valence-electron chi connectivity index (χ0n) is 9.00. The normalized spacial score (nSPS) is 15.0. The van der Waals surface area contributed by atoms with Gasteiger partial charge in [0.2, 0.25) is 0 Å². The zero-order valence-corrected chi connectivity index (χ0v) is 9.00. The number of aliphatic hydroxyl groups is 1. The van der Waals surface area contributed by atoms with Gasteiger partial charge in [0.25, 0.3) is 0 Å². The zero-order chi connectivity index (χ0) is 14.8. The van der Waals surface area contributed by atoms with Gasteiger partial charge in [-0.1, -0.05) is 0 Å². The van der Waals surface area contributed by atoms with Crippen molar-refractivity contribution in [2.24, 2.45) is 0 Å². The van der Waals surface area contributed by atoms with Crippen LogP contribution < -0.4 is 0 Å². The summed E-state index contributed by atoms with van der Waals surface area (Å²) in [6, 6.07) is 0. The van der Waals surface area contributed by atoms with E-state index >= 15 is 0 Å². The molecule has 18 heavy (non-hydrogen) atoms. The van der Waals surface area contributed by atoms with E-state index in [0.29, 0.717) is 0 Å². The summed E-state index contributed by atoms with van der Waals surface area (Å²) >= 11 is 0. The van der Waals surface area contributed by atoms with Crippen molar-refractivity contribution in [1.82, 2.24) is 0 Å². The molecular formula is C8H10F8O2. The third-order valence-electron chi connectivity index (χ3n) is 2.00. The monoisotopic (exact) mass is 290 g/mol. The maximum absolute atomic E-state index is 12.8. The van der Waals surface area contributed by atoms with Crippen molar-refractivity contribution in [2.75, 3.05) is 19.8 Å². The predicted octanol–water partition coefficient (Wildman–Crippen LogP) is 2.56. The van der Waals surface area contributed by atoms with Gasteiger partial charge in [0, 0.05) is 6.61 Å². The SMILES string of the molecule is CCOCC(F)(F)C(F)(F)C(F)(F)C(F)(F)CO. The number of ether oxygens (including phenoxy) is 1. The van der Waals surface area contributed by atoms with Crippen LogP contribution in [0.1, 0.15) is 6.92 Å². The third kappa shape index (κ3) is 2.68. The first-order valence-electron chi connectivity index (χ1n) is 4.57. The molecule has 10 heteroatoms. The minimum Gasteiger partial charge on any atom is -0.390 e. The minimum atomic E-state index is -6.42. The summed E-state index contributed by atoms with van der Waals surface area (Å²) < 4.78 is 105. The van der Waals surface area contributed by atoms with Crippen molar-refractivity contribution in [2.45, 2.75) is 30.6 Å². The summed E-state index contributed by atoms with van der Waals surface area (Å²) in [6.45, 7) is -4.21. The Labute approximate surface area is 96.5 Å². The van der Waals surface area contributed by atoms with Gasteiger partial charge in [-0.25, -0.2) is 0 Å². The van der Waals surface area contributed by atoms with Crippen molar-refractivity contribution in [3.8, 4) is 0 Å². The maximum Gasteiger partial charge on any atom is 0.380 e. The molecule has 0 amide bonds. The lowest BCUT2D eigenvalue weighted by atomic mass is 9.99. The Hall–Kier alpha value is -0.640. The van der Waals surface area contributed by atoms with Crippen LogP contribution in [0.3, 0.4) is 0 Å². The molecule has 0 aromatic carbocycles. The Morgan fingerprint density at radius 3 is 1.56 bits per heavy atom. The molecular weight excluding hydrogens is 280 g/mol. The van der Waals surface area contributed by atoms with E-state index in [9.17, 15) is 35.1 Å². The molecule has 0 radical (unpaired) electrons. The first-order chi connectivity index (χ1) is 7.87. The quantitative estimate of drug-likeness (QED) is 0.730. The highest BCUT2D eigenvalue weighted by atomic mass is 19.4. The molecule has 1 N–H and O–H groups in total. The van der Waals surface area contributed by atoms with Crippen molar-refractivity contribution in [1.29, 1.82) is 0 Å². The molecule has 0 unspecified atom stereocenters. The second-order valence-electron chi connectivity index (χ2n) is 3.35. The van der Waals surface area contributed by atoms with Gasteiger partial charge in [0.05, 0.1) is 0 Å². The van der Waals surface area contributed by atoms with E-state index in [1.807, 2.05) is 0 Å². The average Bonchev–Trinajstić information content (AvgIpc) is 2.25. The summed E-state index contributed by atoms with van der Waals surface area (Å²) in [5.41, 5.74) is 0. The van der Waals surface area contributed by atoms with Crippen LogP contribution in [0.25, 0.3) is 0 Å². The van der Waals surface area contributed by atoms with Crippen LogP contribution in [0.4, 0.5) is 35.1 Å². The van der Waals surface area contributed by atoms with Gasteiger partial charge in [-0.3, -0.25) is 0 Å². The lowest BCUT2D eigenvalue weighted by Gasteiger charge is -2.35. The van der Waals surface area contributed by atoms with Gasteiger partial charge >= 0.3 is 23.7 Å². The van der Waals surface area contributed by atoms with Crippen LogP contribution in [0.2, 0.25) is 0 Å². The van der Waals surface area contributed by atoms with Crippen LogP contribution in [-0.2, 0) is 4.74 Å². The molecule has 0 saturated carbocycles. The van der Waals surface area contributed by atoms with Crippen molar-refractivity contribution in [3.05, 3.63) is 0 Å². The first kappa shape index (κ1) is 17.4. The molecule has 0 aromatic heterocycles. The molecule has 0 spiro atoms. The molecule has 0 heterocycles. The summed E-state index contributed by atoms with van der Waals surface area (Å²) in [6.07, 6.45) is 0. The Kier molecular flexibility index (Phi) is 4.97. The number of rotatable bonds is 7. The van der Waals surface area contributed by atoms with Crippen molar-refractivity contribution in [3.63, 3.8) is 0 Å². The topological polar surface area (TPSA) is 29.5 Å². The summed E-state index contributed by atoms with van der Waals surface area (Å²) in [7, 11) is 0. The molecule has 0 rings (SSSR count). The first-order valence-corrected chi connectivity index (χ1v) is 4.57. The number of halogens is 8. The molecule has 0 atom stereocenters. The van der Waals surface area contributed by atoms with Gasteiger partial charge in [0.15, 0.2) is 0 Å². The van der Waals surface area contributed by atoms with Crippen LogP contribution in [0.5, 0.6) is 0 Å². The summed E-state index contributed by atoms with van der Waals surface area (Å²) in [4.78, 5) is 0. The van der Waals surface area contributed by atoms with Gasteiger partial charge in [-0.2, -0.15) is 35.1 Å². The standard InChI is InChI=1S/C8H10F8O2/c1-2-18-4-6(11,12)8(15,16)7(13,14)5(9,10)3-17/h17H,2-4H2,1H3. The number of alkyl halides is 8. The second kappa shape index (κ2) is 5.16. The number of hydrogen-bond donors (Lipinski definition) is 1. The highest BCUT2D eigenvalue weighted by Crippen LogP contribution is 2.52. The number of hydrogen-bond acceptors (Lipinski definition) is 2. The van der Waals surface area contributed by atoms with Gasteiger partial charge in [0.1, 0.15) is 13.2 Å².